The number of amides is 1. The van der Waals surface area contributed by atoms with Crippen molar-refractivity contribution >= 4 is 63.5 Å². The second kappa shape index (κ2) is 6.69. The van der Waals surface area contributed by atoms with Gasteiger partial charge in [-0.3, -0.25) is 9.69 Å². The summed E-state index contributed by atoms with van der Waals surface area (Å²) >= 11 is 18.5. The molecule has 1 aliphatic rings. The van der Waals surface area contributed by atoms with Gasteiger partial charge in [-0.1, -0.05) is 47.2 Å². The Kier molecular flexibility index (Phi) is 4.82. The quantitative estimate of drug-likeness (QED) is 0.519. The van der Waals surface area contributed by atoms with Crippen molar-refractivity contribution in [2.45, 2.75) is 6.92 Å². The van der Waals surface area contributed by atoms with Gasteiger partial charge in [0.15, 0.2) is 0 Å². The van der Waals surface area contributed by atoms with Crippen LogP contribution in [0.2, 0.25) is 10.0 Å². The molecule has 0 unspecified atom stereocenters. The molecular weight excluding hydrogens is 373 g/mol. The van der Waals surface area contributed by atoms with Crippen LogP contribution in [0.1, 0.15) is 12.7 Å². The number of halogens is 2. The zero-order valence-electron chi connectivity index (χ0n) is 12.0. The molecule has 3 nitrogen and oxygen atoms in total. The van der Waals surface area contributed by atoms with Gasteiger partial charge in [0.1, 0.15) is 15.8 Å². The third-order valence-corrected chi connectivity index (χ3v) is 5.21. The van der Waals surface area contributed by atoms with Gasteiger partial charge in [0.25, 0.3) is 5.91 Å². The fraction of sp³-hybridized carbons (Fsp3) is 0.125. The lowest BCUT2D eigenvalue weighted by Gasteiger charge is -2.09. The molecule has 1 saturated heterocycles. The summed E-state index contributed by atoms with van der Waals surface area (Å²) < 4.78 is 6.34. The minimum atomic E-state index is -0.0926. The minimum absolute atomic E-state index is 0.0926. The number of benzene rings is 1. The molecule has 2 heterocycles. The predicted molar refractivity (Wildman–Crippen MR) is 99.7 cm³/mol. The number of rotatable bonds is 3. The summed E-state index contributed by atoms with van der Waals surface area (Å²) in [5.41, 5.74) is 0.747. The average molecular weight is 384 g/mol. The van der Waals surface area contributed by atoms with E-state index in [9.17, 15) is 4.79 Å². The highest BCUT2D eigenvalue weighted by molar-refractivity contribution is 8.26. The van der Waals surface area contributed by atoms with Crippen molar-refractivity contribution in [1.82, 2.24) is 4.90 Å². The van der Waals surface area contributed by atoms with E-state index >= 15 is 0 Å². The number of hydrogen-bond donors (Lipinski definition) is 0. The minimum Gasteiger partial charge on any atom is -0.457 e. The second-order valence-corrected chi connectivity index (χ2v) is 7.27. The van der Waals surface area contributed by atoms with Gasteiger partial charge in [-0.2, -0.15) is 0 Å². The topological polar surface area (TPSA) is 33.5 Å². The molecule has 1 amide bonds. The smallest absolute Gasteiger partial charge is 0.266 e. The van der Waals surface area contributed by atoms with Crippen LogP contribution in [0.5, 0.6) is 0 Å². The monoisotopic (exact) mass is 383 g/mol. The number of nitrogens with zero attached hydrogens (tertiary/aromatic N) is 1. The number of thioether (sulfide) groups is 1. The lowest BCUT2D eigenvalue weighted by atomic mass is 10.2. The second-order valence-electron chi connectivity index (χ2n) is 4.75. The van der Waals surface area contributed by atoms with Gasteiger partial charge >= 0.3 is 0 Å². The molecule has 2 aromatic rings. The van der Waals surface area contributed by atoms with E-state index in [-0.39, 0.29) is 5.91 Å². The maximum Gasteiger partial charge on any atom is 0.266 e. The van der Waals surface area contributed by atoms with Gasteiger partial charge in [0, 0.05) is 23.2 Å². The molecule has 23 heavy (non-hydrogen) atoms. The fourth-order valence-corrected chi connectivity index (χ4v) is 4.03. The molecule has 0 saturated carbocycles. The summed E-state index contributed by atoms with van der Waals surface area (Å²) in [5, 5.41) is 1.07. The first-order chi connectivity index (χ1) is 11.0. The van der Waals surface area contributed by atoms with Crippen LogP contribution in [0.4, 0.5) is 0 Å². The van der Waals surface area contributed by atoms with Crippen LogP contribution in [0.3, 0.4) is 0 Å². The molecule has 0 spiro atoms. The van der Waals surface area contributed by atoms with Crippen molar-refractivity contribution in [3.05, 3.63) is 51.0 Å². The molecule has 0 N–H and O–H groups in total. The summed E-state index contributed by atoms with van der Waals surface area (Å²) in [6, 6.07) is 8.80. The summed E-state index contributed by atoms with van der Waals surface area (Å²) in [6.07, 6.45) is 1.70. The van der Waals surface area contributed by atoms with E-state index in [2.05, 4.69) is 0 Å². The molecule has 0 radical (unpaired) electrons. The average Bonchev–Trinajstić information content (AvgIpc) is 3.05. The van der Waals surface area contributed by atoms with Gasteiger partial charge in [-0.25, -0.2) is 0 Å². The van der Waals surface area contributed by atoms with Gasteiger partial charge in [-0.15, -0.1) is 0 Å². The Hall–Kier alpha value is -1.27. The first-order valence-electron chi connectivity index (χ1n) is 6.80. The lowest BCUT2D eigenvalue weighted by Crippen LogP contribution is -2.27. The molecule has 1 aliphatic heterocycles. The van der Waals surface area contributed by atoms with Crippen LogP contribution in [0.25, 0.3) is 17.4 Å². The Morgan fingerprint density at radius 2 is 2.09 bits per heavy atom. The third-order valence-electron chi connectivity index (χ3n) is 3.29. The van der Waals surface area contributed by atoms with Gasteiger partial charge in [0.05, 0.1) is 9.93 Å². The molecule has 0 bridgehead atoms. The number of thiocarbonyl (C=S) groups is 1. The summed E-state index contributed by atoms with van der Waals surface area (Å²) in [5.74, 6) is 1.09. The first kappa shape index (κ1) is 16.6. The summed E-state index contributed by atoms with van der Waals surface area (Å²) in [4.78, 5) is 14.3. The highest BCUT2D eigenvalue weighted by Gasteiger charge is 2.30. The van der Waals surface area contributed by atoms with Crippen molar-refractivity contribution in [1.29, 1.82) is 0 Å². The van der Waals surface area contributed by atoms with Crippen molar-refractivity contribution in [3.63, 3.8) is 0 Å². The van der Waals surface area contributed by atoms with E-state index in [1.165, 1.54) is 11.8 Å². The Balaban J connectivity index is 1.90. The molecule has 7 heteroatoms. The molecule has 1 aromatic carbocycles. The molecule has 3 rings (SSSR count). The lowest BCUT2D eigenvalue weighted by molar-refractivity contribution is -0.121. The van der Waals surface area contributed by atoms with Gasteiger partial charge in [0.2, 0.25) is 0 Å². The molecule has 118 valence electrons. The molecule has 0 aliphatic carbocycles. The van der Waals surface area contributed by atoms with Crippen LogP contribution in [-0.4, -0.2) is 21.7 Å². The normalized spacial score (nSPS) is 16.7. The zero-order valence-corrected chi connectivity index (χ0v) is 15.2. The van der Waals surface area contributed by atoms with Crippen molar-refractivity contribution in [3.8, 4) is 11.3 Å². The number of hydrogen-bond acceptors (Lipinski definition) is 4. The van der Waals surface area contributed by atoms with Crippen LogP contribution < -0.4 is 0 Å². The van der Waals surface area contributed by atoms with Gasteiger partial charge < -0.3 is 4.42 Å². The van der Waals surface area contributed by atoms with Crippen LogP contribution in [0.15, 0.2) is 39.7 Å². The van der Waals surface area contributed by atoms with Crippen LogP contribution in [-0.2, 0) is 4.79 Å². The molecule has 1 aromatic heterocycles. The summed E-state index contributed by atoms with van der Waals surface area (Å²) in [6.45, 7) is 2.45. The Morgan fingerprint density at radius 3 is 2.74 bits per heavy atom. The van der Waals surface area contributed by atoms with Gasteiger partial charge in [-0.05, 0) is 37.3 Å². The van der Waals surface area contributed by atoms with Crippen LogP contribution >= 0.6 is 47.2 Å². The molecular formula is C16H11Cl2NO2S2. The molecule has 0 atom stereocenters. The number of furan rings is 1. The standard InChI is InChI=1S/C16H11Cl2NO2S2/c1-2-19-15(20)14(23-16(19)22)8-10-4-6-13(21-10)11-5-3-9(17)7-12(11)18/h3-8H,2H2,1H3/b14-8-. The van der Waals surface area contributed by atoms with Crippen molar-refractivity contribution < 1.29 is 9.21 Å². The Morgan fingerprint density at radius 1 is 1.30 bits per heavy atom. The van der Waals surface area contributed by atoms with E-state index in [1.807, 2.05) is 13.0 Å². The fourth-order valence-electron chi connectivity index (χ4n) is 2.17. The maximum atomic E-state index is 12.2. The zero-order chi connectivity index (χ0) is 16.6. The maximum absolute atomic E-state index is 12.2. The number of likely N-dealkylation sites (N-methyl/N-ethyl adjacent to an activating group) is 1. The number of carbonyl (C=O) groups excluding carboxylic acids is 1. The summed E-state index contributed by atoms with van der Waals surface area (Å²) in [7, 11) is 0. The Bertz CT molecular complexity index is 829. The van der Waals surface area contributed by atoms with Crippen LogP contribution in [0, 0.1) is 0 Å². The number of carbonyl (C=O) groups is 1. The Labute approximate surface area is 153 Å². The van der Waals surface area contributed by atoms with E-state index < -0.39 is 0 Å². The predicted octanol–water partition coefficient (Wildman–Crippen LogP) is 5.47. The third kappa shape index (κ3) is 3.33. The van der Waals surface area contributed by atoms with E-state index in [1.54, 1.807) is 35.2 Å². The highest BCUT2D eigenvalue weighted by Crippen LogP contribution is 2.35. The SMILES string of the molecule is CCN1C(=O)/C(=C/c2ccc(-c3ccc(Cl)cc3Cl)o2)SC1=S. The molecule has 1 fully saturated rings. The van der Waals surface area contributed by atoms with Crippen molar-refractivity contribution in [2.75, 3.05) is 6.54 Å². The highest BCUT2D eigenvalue weighted by atomic mass is 35.5. The largest absolute Gasteiger partial charge is 0.457 e. The first-order valence-corrected chi connectivity index (χ1v) is 8.78. The van der Waals surface area contributed by atoms with E-state index in [4.69, 9.17) is 39.8 Å². The van der Waals surface area contributed by atoms with E-state index in [0.717, 1.165) is 5.56 Å². The van der Waals surface area contributed by atoms with Crippen molar-refractivity contribution in [2.24, 2.45) is 0 Å². The van der Waals surface area contributed by atoms with E-state index in [0.29, 0.717) is 37.3 Å².